The number of anilines is 2. The van der Waals surface area contributed by atoms with Crippen LogP contribution >= 0.6 is 10.6 Å². The maximum Gasteiger partial charge on any atom is 0.414 e. The van der Waals surface area contributed by atoms with Gasteiger partial charge in [-0.25, -0.2) is 9.59 Å². The molecular weight excluding hydrogens is 350 g/mol. The van der Waals surface area contributed by atoms with E-state index in [2.05, 4.69) is 5.32 Å². The molecule has 9 nitrogen and oxygen atoms in total. The molecule has 2 amide bonds. The Balaban J connectivity index is 1.65. The van der Waals surface area contributed by atoms with Crippen LogP contribution in [0.4, 0.5) is 21.0 Å². The first-order valence-electron chi connectivity index (χ1n) is 7.60. The Morgan fingerprint density at radius 3 is 2.56 bits per heavy atom. The third-order valence-corrected chi connectivity index (χ3v) is 5.28. The Bertz CT molecular complexity index is 693. The fraction of sp³-hybridized carbons (Fsp3) is 0.333. The lowest BCUT2D eigenvalue weighted by atomic mass is 10.2. The van der Waals surface area contributed by atoms with Gasteiger partial charge in [-0.15, -0.1) is 0 Å². The fourth-order valence-electron chi connectivity index (χ4n) is 2.63. The van der Waals surface area contributed by atoms with Gasteiger partial charge in [0.1, 0.15) is 6.10 Å². The molecule has 136 valence electrons. The van der Waals surface area contributed by atoms with Crippen LogP contribution in [0.2, 0.25) is 0 Å². The van der Waals surface area contributed by atoms with Gasteiger partial charge in [-0.2, -0.15) is 10.6 Å². The second-order valence-corrected chi connectivity index (χ2v) is 7.83. The van der Waals surface area contributed by atoms with Crippen molar-refractivity contribution in [1.82, 2.24) is 5.32 Å². The quantitative estimate of drug-likeness (QED) is 0.642. The molecule has 1 aromatic rings. The molecule has 4 N–H and O–H groups in total. The van der Waals surface area contributed by atoms with E-state index in [0.717, 1.165) is 5.69 Å². The third kappa shape index (κ3) is 4.16. The number of amides is 2. The molecule has 0 spiro atoms. The minimum absolute atomic E-state index is 0.0423. The van der Waals surface area contributed by atoms with Gasteiger partial charge in [0, 0.05) is 29.5 Å². The Morgan fingerprint density at radius 1 is 1.28 bits per heavy atom. The number of ether oxygens (including phenoxy) is 1. The van der Waals surface area contributed by atoms with Crippen molar-refractivity contribution in [2.45, 2.75) is 6.10 Å². The molecule has 10 heteroatoms. The largest absolute Gasteiger partial charge is 0.465 e. The molecule has 0 aliphatic carbocycles. The second kappa shape index (κ2) is 6.82. The van der Waals surface area contributed by atoms with Crippen LogP contribution in [0.25, 0.3) is 0 Å². The highest BCUT2D eigenvalue weighted by Crippen LogP contribution is 2.43. The first kappa shape index (κ1) is 17.4. The van der Waals surface area contributed by atoms with Crippen molar-refractivity contribution in [2.75, 3.05) is 35.2 Å². The van der Waals surface area contributed by atoms with Crippen molar-refractivity contribution in [3.05, 3.63) is 35.9 Å². The van der Waals surface area contributed by atoms with Crippen LogP contribution in [0, 0.1) is 0 Å². The summed E-state index contributed by atoms with van der Waals surface area (Å²) in [6.45, 7) is 0.802. The molecule has 2 aliphatic heterocycles. The van der Waals surface area contributed by atoms with Crippen LogP contribution in [0.1, 0.15) is 0 Å². The van der Waals surface area contributed by atoms with E-state index < -0.39 is 28.9 Å². The minimum Gasteiger partial charge on any atom is -0.465 e. The zero-order chi connectivity index (χ0) is 18.0. The van der Waals surface area contributed by atoms with Gasteiger partial charge in [0.2, 0.25) is 0 Å². The van der Waals surface area contributed by atoms with Crippen molar-refractivity contribution in [2.24, 2.45) is 0 Å². The summed E-state index contributed by atoms with van der Waals surface area (Å²) < 4.78 is 24.3. The van der Waals surface area contributed by atoms with E-state index in [9.17, 15) is 18.7 Å². The van der Waals surface area contributed by atoms with Crippen LogP contribution in [-0.2, 0) is 4.74 Å². The Morgan fingerprint density at radius 2 is 1.96 bits per heavy atom. The van der Waals surface area contributed by atoms with Crippen LogP contribution in [0.3, 0.4) is 0 Å². The summed E-state index contributed by atoms with van der Waals surface area (Å²) >= 11 is 0. The van der Waals surface area contributed by atoms with Gasteiger partial charge in [-0.05, 0) is 24.3 Å². The number of nitrogens with one attached hydrogen (secondary N) is 1. The molecule has 0 bridgehead atoms. The van der Waals surface area contributed by atoms with Crippen LogP contribution in [0.15, 0.2) is 35.9 Å². The number of nitrogens with zero attached hydrogens (tertiary/aromatic N) is 2. The van der Waals surface area contributed by atoms with Gasteiger partial charge in [0.05, 0.1) is 18.8 Å². The number of hydrogen-bond donors (Lipinski definition) is 4. The highest BCUT2D eigenvalue weighted by atomic mass is 32.3. The number of carboxylic acid groups (broad SMARTS) is 1. The molecule has 0 radical (unpaired) electrons. The maximum atomic E-state index is 11.9. The monoisotopic (exact) mass is 369 g/mol. The Kier molecular flexibility index (Phi) is 4.75. The van der Waals surface area contributed by atoms with Crippen molar-refractivity contribution in [3.63, 3.8) is 0 Å². The van der Waals surface area contributed by atoms with Gasteiger partial charge >= 0.3 is 12.2 Å². The standard InChI is InChI=1S/C15H19N3O6S/c19-14(20)16-9-13-10-18(15(21)24-13)12-3-1-11(2-4-12)17-5-7-25(22,23)8-6-17/h1-5,7,13,16,22-23H,6,8-10H2,(H,19,20)/t13-/m0/s1. The molecule has 1 atom stereocenters. The smallest absolute Gasteiger partial charge is 0.414 e. The molecule has 25 heavy (non-hydrogen) atoms. The van der Waals surface area contributed by atoms with Crippen molar-refractivity contribution < 1.29 is 28.5 Å². The SMILES string of the molecule is O=C(O)NC[C@H]1CN(c2ccc(N3C=CS(O)(O)CC3)cc2)C(=O)O1. The number of cyclic esters (lactones) is 1. The molecule has 2 heterocycles. The normalized spacial score (nSPS) is 23.3. The predicted molar refractivity (Wildman–Crippen MR) is 94.3 cm³/mol. The summed E-state index contributed by atoms with van der Waals surface area (Å²) in [4.78, 5) is 25.8. The second-order valence-electron chi connectivity index (χ2n) is 5.72. The third-order valence-electron chi connectivity index (χ3n) is 3.94. The van der Waals surface area contributed by atoms with E-state index in [1.807, 2.05) is 17.0 Å². The topological polar surface area (TPSA) is 123 Å². The average Bonchev–Trinajstić information content (AvgIpc) is 2.94. The first-order valence-corrected chi connectivity index (χ1v) is 9.38. The number of carbonyl (C=O) groups is 2. The van der Waals surface area contributed by atoms with E-state index in [0.29, 0.717) is 12.2 Å². The maximum absolute atomic E-state index is 11.9. The highest BCUT2D eigenvalue weighted by molar-refractivity contribution is 8.26. The molecule has 1 saturated heterocycles. The lowest BCUT2D eigenvalue weighted by Crippen LogP contribution is -2.33. The van der Waals surface area contributed by atoms with E-state index in [4.69, 9.17) is 9.84 Å². The molecule has 1 aromatic carbocycles. The minimum atomic E-state index is -2.61. The van der Waals surface area contributed by atoms with Gasteiger partial charge in [0.15, 0.2) is 0 Å². The lowest BCUT2D eigenvalue weighted by Gasteiger charge is -2.36. The van der Waals surface area contributed by atoms with Gasteiger partial charge in [-0.3, -0.25) is 14.0 Å². The van der Waals surface area contributed by atoms with Gasteiger partial charge < -0.3 is 20.1 Å². The lowest BCUT2D eigenvalue weighted by molar-refractivity contribution is 0.136. The Hall–Kier alpha value is -2.43. The summed E-state index contributed by atoms with van der Waals surface area (Å²) in [6, 6.07) is 7.19. The molecule has 0 aromatic heterocycles. The summed E-state index contributed by atoms with van der Waals surface area (Å²) in [7, 11) is -2.61. The summed E-state index contributed by atoms with van der Waals surface area (Å²) in [5.74, 6) is 0.280. The molecule has 0 saturated carbocycles. The molecule has 0 unspecified atom stereocenters. The molecule has 1 fully saturated rings. The number of hydrogen-bond acceptors (Lipinski definition) is 6. The zero-order valence-electron chi connectivity index (χ0n) is 13.2. The van der Waals surface area contributed by atoms with E-state index in [1.54, 1.807) is 18.3 Å². The van der Waals surface area contributed by atoms with Gasteiger partial charge in [0.25, 0.3) is 0 Å². The average molecular weight is 369 g/mol. The summed E-state index contributed by atoms with van der Waals surface area (Å²) in [6.07, 6.45) is -0.564. The number of rotatable bonds is 4. The van der Waals surface area contributed by atoms with E-state index in [1.165, 1.54) is 10.3 Å². The summed E-state index contributed by atoms with van der Waals surface area (Å²) in [5.41, 5.74) is 1.52. The fourth-order valence-corrected chi connectivity index (χ4v) is 3.57. The van der Waals surface area contributed by atoms with E-state index in [-0.39, 0.29) is 18.8 Å². The van der Waals surface area contributed by atoms with E-state index >= 15 is 0 Å². The summed E-state index contributed by atoms with van der Waals surface area (Å²) in [5, 5.41) is 12.2. The van der Waals surface area contributed by atoms with Crippen molar-refractivity contribution >= 4 is 34.2 Å². The molecular formula is C15H19N3O6S. The molecule has 2 aliphatic rings. The highest BCUT2D eigenvalue weighted by Gasteiger charge is 2.32. The van der Waals surface area contributed by atoms with Gasteiger partial charge in [-0.1, -0.05) is 0 Å². The predicted octanol–water partition coefficient (Wildman–Crippen LogP) is 2.32. The Labute approximate surface area is 145 Å². The number of carbonyl (C=O) groups excluding carboxylic acids is 1. The van der Waals surface area contributed by atoms with Crippen molar-refractivity contribution in [3.8, 4) is 0 Å². The zero-order valence-corrected chi connectivity index (χ0v) is 14.1. The first-order chi connectivity index (χ1) is 11.8. The molecule has 3 rings (SSSR count). The van der Waals surface area contributed by atoms with Crippen LogP contribution < -0.4 is 15.1 Å². The van der Waals surface area contributed by atoms with Crippen molar-refractivity contribution in [1.29, 1.82) is 0 Å². The number of benzene rings is 1. The van der Waals surface area contributed by atoms with Crippen LogP contribution in [-0.4, -0.2) is 57.9 Å². The van der Waals surface area contributed by atoms with Crippen LogP contribution in [0.5, 0.6) is 0 Å².